The number of hydrogen-bond acceptors (Lipinski definition) is 5. The number of nitrogens with zero attached hydrogens (tertiary/aromatic N) is 3. The van der Waals surface area contributed by atoms with E-state index in [1.54, 1.807) is 11.3 Å². The first kappa shape index (κ1) is 16.7. The summed E-state index contributed by atoms with van der Waals surface area (Å²) in [6.45, 7) is 8.09. The zero-order valence-corrected chi connectivity index (χ0v) is 15.8. The summed E-state index contributed by atoms with van der Waals surface area (Å²) in [6, 6.07) is 8.02. The van der Waals surface area contributed by atoms with Gasteiger partial charge in [-0.05, 0) is 31.5 Å². The van der Waals surface area contributed by atoms with Gasteiger partial charge in [0, 0.05) is 42.6 Å². The summed E-state index contributed by atoms with van der Waals surface area (Å²) >= 11 is 5.22. The maximum atomic E-state index is 5.85. The molecule has 0 unspecified atom stereocenters. The molecule has 1 aliphatic heterocycles. The molecule has 6 heteroatoms. The van der Waals surface area contributed by atoms with Crippen molar-refractivity contribution in [2.45, 2.75) is 13.3 Å². The van der Waals surface area contributed by atoms with Crippen LogP contribution in [0.5, 0.6) is 5.75 Å². The van der Waals surface area contributed by atoms with Gasteiger partial charge in [-0.2, -0.15) is 0 Å². The Morgan fingerprint density at radius 2 is 2.17 bits per heavy atom. The molecular formula is C17H22BrN3OS. The summed E-state index contributed by atoms with van der Waals surface area (Å²) in [7, 11) is 0. The van der Waals surface area contributed by atoms with Crippen LogP contribution >= 0.6 is 27.3 Å². The Balaban J connectivity index is 1.45. The number of ether oxygens (including phenoxy) is 1. The van der Waals surface area contributed by atoms with E-state index >= 15 is 0 Å². The van der Waals surface area contributed by atoms with Crippen LogP contribution in [0.3, 0.4) is 0 Å². The molecule has 0 radical (unpaired) electrons. The van der Waals surface area contributed by atoms with Crippen LogP contribution < -0.4 is 9.64 Å². The molecule has 0 amide bonds. The molecule has 1 aromatic carbocycles. The molecule has 3 rings (SSSR count). The number of anilines is 1. The van der Waals surface area contributed by atoms with Crippen LogP contribution in [0.15, 0.2) is 34.1 Å². The predicted octanol–water partition coefficient (Wildman–Crippen LogP) is 3.81. The summed E-state index contributed by atoms with van der Waals surface area (Å²) in [5.74, 6) is 0.925. The standard InChI is InChI=1S/C17H22BrN3OS/c1-14-13-23-17(19-14)21-7-3-6-20(8-9-21)10-11-22-16-5-2-4-15(18)12-16/h2,4-5,12-13H,3,6-11H2,1H3. The van der Waals surface area contributed by atoms with Gasteiger partial charge in [0.25, 0.3) is 0 Å². The fraction of sp³-hybridized carbons (Fsp3) is 0.471. The molecule has 0 N–H and O–H groups in total. The molecule has 1 fully saturated rings. The van der Waals surface area contributed by atoms with Crippen LogP contribution in [0, 0.1) is 6.92 Å². The van der Waals surface area contributed by atoms with Gasteiger partial charge in [0.1, 0.15) is 12.4 Å². The van der Waals surface area contributed by atoms with Gasteiger partial charge in [0.15, 0.2) is 5.13 Å². The van der Waals surface area contributed by atoms with Gasteiger partial charge in [-0.15, -0.1) is 11.3 Å². The van der Waals surface area contributed by atoms with Crippen LogP contribution in [0.25, 0.3) is 0 Å². The summed E-state index contributed by atoms with van der Waals surface area (Å²) in [6.07, 6.45) is 1.18. The molecule has 2 heterocycles. The van der Waals surface area contributed by atoms with Crippen molar-refractivity contribution in [2.75, 3.05) is 44.2 Å². The van der Waals surface area contributed by atoms with Crippen molar-refractivity contribution in [1.29, 1.82) is 0 Å². The Bertz CT molecular complexity index is 634. The van der Waals surface area contributed by atoms with Gasteiger partial charge in [-0.1, -0.05) is 22.0 Å². The van der Waals surface area contributed by atoms with E-state index in [0.29, 0.717) is 0 Å². The van der Waals surface area contributed by atoms with Crippen LogP contribution in [-0.2, 0) is 0 Å². The van der Waals surface area contributed by atoms with Crippen molar-refractivity contribution in [3.05, 3.63) is 39.8 Å². The number of hydrogen-bond donors (Lipinski definition) is 0. The Hall–Kier alpha value is -1.11. The van der Waals surface area contributed by atoms with Gasteiger partial charge in [-0.3, -0.25) is 4.90 Å². The second kappa shape index (κ2) is 8.13. The van der Waals surface area contributed by atoms with E-state index in [4.69, 9.17) is 4.74 Å². The average Bonchev–Trinajstić information content (AvgIpc) is 2.82. The van der Waals surface area contributed by atoms with Crippen molar-refractivity contribution in [1.82, 2.24) is 9.88 Å². The Morgan fingerprint density at radius 3 is 2.96 bits per heavy atom. The highest BCUT2D eigenvalue weighted by Gasteiger charge is 2.17. The van der Waals surface area contributed by atoms with Crippen molar-refractivity contribution >= 4 is 32.4 Å². The maximum Gasteiger partial charge on any atom is 0.185 e. The summed E-state index contributed by atoms with van der Waals surface area (Å²) in [4.78, 5) is 9.50. The largest absolute Gasteiger partial charge is 0.492 e. The Labute approximate surface area is 150 Å². The lowest BCUT2D eigenvalue weighted by molar-refractivity contribution is 0.218. The SMILES string of the molecule is Cc1csc(N2CCCN(CCOc3cccc(Br)c3)CC2)n1. The number of aromatic nitrogens is 1. The molecule has 0 bridgehead atoms. The highest BCUT2D eigenvalue weighted by molar-refractivity contribution is 9.10. The van der Waals surface area contributed by atoms with Crippen LogP contribution in [-0.4, -0.2) is 49.2 Å². The van der Waals surface area contributed by atoms with Crippen molar-refractivity contribution < 1.29 is 4.74 Å². The zero-order chi connectivity index (χ0) is 16.1. The first-order chi connectivity index (χ1) is 11.2. The average molecular weight is 396 g/mol. The predicted molar refractivity (Wildman–Crippen MR) is 99.8 cm³/mol. The molecule has 4 nitrogen and oxygen atoms in total. The quantitative estimate of drug-likeness (QED) is 0.769. The lowest BCUT2D eigenvalue weighted by Gasteiger charge is -2.21. The van der Waals surface area contributed by atoms with E-state index in [0.717, 1.165) is 60.4 Å². The minimum absolute atomic E-state index is 0.729. The van der Waals surface area contributed by atoms with E-state index in [2.05, 4.69) is 43.0 Å². The molecular weight excluding hydrogens is 374 g/mol. The van der Waals surface area contributed by atoms with Crippen LogP contribution in [0.4, 0.5) is 5.13 Å². The van der Waals surface area contributed by atoms with E-state index in [9.17, 15) is 0 Å². The highest BCUT2D eigenvalue weighted by atomic mass is 79.9. The smallest absolute Gasteiger partial charge is 0.185 e. The zero-order valence-electron chi connectivity index (χ0n) is 13.4. The first-order valence-electron chi connectivity index (χ1n) is 7.98. The van der Waals surface area contributed by atoms with Crippen molar-refractivity contribution in [3.8, 4) is 5.75 Å². The lowest BCUT2D eigenvalue weighted by Crippen LogP contribution is -2.33. The van der Waals surface area contributed by atoms with Crippen molar-refractivity contribution in [3.63, 3.8) is 0 Å². The van der Waals surface area contributed by atoms with E-state index in [-0.39, 0.29) is 0 Å². The van der Waals surface area contributed by atoms with E-state index in [1.807, 2.05) is 24.3 Å². The molecule has 0 spiro atoms. The first-order valence-corrected chi connectivity index (χ1v) is 9.66. The normalized spacial score (nSPS) is 16.3. The molecule has 0 saturated carbocycles. The molecule has 1 saturated heterocycles. The molecule has 124 valence electrons. The third-order valence-electron chi connectivity index (χ3n) is 3.94. The lowest BCUT2D eigenvalue weighted by atomic mass is 10.3. The molecule has 1 aromatic heterocycles. The van der Waals surface area contributed by atoms with Crippen LogP contribution in [0.2, 0.25) is 0 Å². The summed E-state index contributed by atoms with van der Waals surface area (Å²) < 4.78 is 6.90. The van der Waals surface area contributed by atoms with Gasteiger partial charge >= 0.3 is 0 Å². The number of aryl methyl sites for hydroxylation is 1. The minimum Gasteiger partial charge on any atom is -0.492 e. The monoisotopic (exact) mass is 395 g/mol. The number of halogens is 1. The van der Waals surface area contributed by atoms with Crippen molar-refractivity contribution in [2.24, 2.45) is 0 Å². The second-order valence-electron chi connectivity index (χ2n) is 5.76. The molecule has 1 aliphatic rings. The number of benzene rings is 1. The Morgan fingerprint density at radius 1 is 1.26 bits per heavy atom. The van der Waals surface area contributed by atoms with Gasteiger partial charge < -0.3 is 9.64 Å². The summed E-state index contributed by atoms with van der Waals surface area (Å²) in [5, 5.41) is 3.29. The van der Waals surface area contributed by atoms with Gasteiger partial charge in [-0.25, -0.2) is 4.98 Å². The number of thiazole rings is 1. The topological polar surface area (TPSA) is 28.6 Å². The molecule has 2 aromatic rings. The van der Waals surface area contributed by atoms with E-state index < -0.39 is 0 Å². The highest BCUT2D eigenvalue weighted by Crippen LogP contribution is 2.21. The number of rotatable bonds is 5. The van der Waals surface area contributed by atoms with Gasteiger partial charge in [0.05, 0.1) is 5.69 Å². The molecule has 0 aliphatic carbocycles. The van der Waals surface area contributed by atoms with Crippen LogP contribution in [0.1, 0.15) is 12.1 Å². The fourth-order valence-corrected chi connectivity index (χ4v) is 3.96. The second-order valence-corrected chi connectivity index (χ2v) is 7.51. The molecule has 23 heavy (non-hydrogen) atoms. The third kappa shape index (κ3) is 4.93. The molecule has 0 atom stereocenters. The Kier molecular flexibility index (Phi) is 5.91. The third-order valence-corrected chi connectivity index (χ3v) is 5.45. The fourth-order valence-electron chi connectivity index (χ4n) is 2.72. The minimum atomic E-state index is 0.729. The summed E-state index contributed by atoms with van der Waals surface area (Å²) in [5.41, 5.74) is 1.12. The maximum absolute atomic E-state index is 5.85. The van der Waals surface area contributed by atoms with Gasteiger partial charge in [0.2, 0.25) is 0 Å². The van der Waals surface area contributed by atoms with E-state index in [1.165, 1.54) is 6.42 Å².